The lowest BCUT2D eigenvalue weighted by Crippen LogP contribution is -2.33. The maximum atomic E-state index is 11.2. The highest BCUT2D eigenvalue weighted by atomic mass is 35.5. The summed E-state index contributed by atoms with van der Waals surface area (Å²) in [5, 5.41) is 9.47. The molecule has 1 N–H and O–H groups in total. The molecule has 98 valence electrons. The standard InChI is InChI=1S/C14H12ClNO3/c1-14(2)10-6-7(13(17)18)5-9(10)8-3-4-16-12(15)11(8)19-14/h3-4,6H,5H2,1-2H3,(H,17,18). The van der Waals surface area contributed by atoms with Crippen LogP contribution in [0.25, 0.3) is 5.57 Å². The molecule has 19 heavy (non-hydrogen) atoms. The number of hydrogen-bond acceptors (Lipinski definition) is 3. The van der Waals surface area contributed by atoms with Crippen molar-refractivity contribution in [2.75, 3.05) is 0 Å². The van der Waals surface area contributed by atoms with E-state index in [1.165, 1.54) is 0 Å². The summed E-state index contributed by atoms with van der Waals surface area (Å²) in [6.45, 7) is 3.80. The van der Waals surface area contributed by atoms with Gasteiger partial charge in [0.25, 0.3) is 0 Å². The third kappa shape index (κ3) is 1.75. The molecule has 0 bridgehead atoms. The van der Waals surface area contributed by atoms with E-state index in [0.717, 1.165) is 16.7 Å². The van der Waals surface area contributed by atoms with E-state index >= 15 is 0 Å². The smallest absolute Gasteiger partial charge is 0.331 e. The minimum Gasteiger partial charge on any atom is -0.479 e. The molecule has 0 saturated heterocycles. The van der Waals surface area contributed by atoms with Crippen LogP contribution in [-0.4, -0.2) is 21.7 Å². The fourth-order valence-corrected chi connectivity index (χ4v) is 2.78. The molecule has 0 spiro atoms. The van der Waals surface area contributed by atoms with Crippen LogP contribution in [0.5, 0.6) is 5.75 Å². The van der Waals surface area contributed by atoms with E-state index in [0.29, 0.717) is 22.9 Å². The van der Waals surface area contributed by atoms with Crippen LogP contribution in [0.4, 0.5) is 0 Å². The molecule has 1 aromatic rings. The number of carboxylic acids is 1. The number of hydrogen-bond donors (Lipinski definition) is 1. The highest BCUT2D eigenvalue weighted by molar-refractivity contribution is 6.31. The first-order valence-corrected chi connectivity index (χ1v) is 6.29. The molecular formula is C14H12ClNO3. The molecule has 3 rings (SSSR count). The van der Waals surface area contributed by atoms with Gasteiger partial charge in [0, 0.05) is 23.8 Å². The average Bonchev–Trinajstić information content (AvgIpc) is 2.77. The number of aliphatic carboxylic acids is 1. The number of allylic oxidation sites excluding steroid dienone is 1. The third-order valence-corrected chi connectivity index (χ3v) is 3.75. The minimum atomic E-state index is -0.896. The van der Waals surface area contributed by atoms with Crippen LogP contribution in [0.3, 0.4) is 0 Å². The van der Waals surface area contributed by atoms with Crippen molar-refractivity contribution in [2.45, 2.75) is 25.9 Å². The minimum absolute atomic E-state index is 0.306. The van der Waals surface area contributed by atoms with Crippen molar-refractivity contribution in [1.29, 1.82) is 0 Å². The van der Waals surface area contributed by atoms with E-state index < -0.39 is 11.6 Å². The van der Waals surface area contributed by atoms with Gasteiger partial charge in [-0.15, -0.1) is 0 Å². The molecule has 1 aromatic heterocycles. The summed E-state index contributed by atoms with van der Waals surface area (Å²) in [7, 11) is 0. The maximum absolute atomic E-state index is 11.2. The summed E-state index contributed by atoms with van der Waals surface area (Å²) in [5.74, 6) is -0.361. The van der Waals surface area contributed by atoms with Gasteiger partial charge in [0.05, 0.1) is 0 Å². The van der Waals surface area contributed by atoms with Gasteiger partial charge in [-0.05, 0) is 37.1 Å². The second-order valence-electron chi connectivity index (χ2n) is 5.13. The van der Waals surface area contributed by atoms with Gasteiger partial charge >= 0.3 is 5.97 Å². The molecule has 0 radical (unpaired) electrons. The van der Waals surface area contributed by atoms with Gasteiger partial charge < -0.3 is 9.84 Å². The van der Waals surface area contributed by atoms with Gasteiger partial charge in [-0.1, -0.05) is 11.6 Å². The number of carboxylic acid groups (broad SMARTS) is 1. The number of fused-ring (bicyclic) bond motifs is 2. The van der Waals surface area contributed by atoms with Gasteiger partial charge in [-0.2, -0.15) is 0 Å². The fraction of sp³-hybridized carbons (Fsp3) is 0.286. The molecule has 0 saturated carbocycles. The Morgan fingerprint density at radius 3 is 2.95 bits per heavy atom. The highest BCUT2D eigenvalue weighted by Gasteiger charge is 2.39. The number of ether oxygens (including phenoxy) is 1. The van der Waals surface area contributed by atoms with E-state index in [-0.39, 0.29) is 0 Å². The van der Waals surface area contributed by atoms with Crippen LogP contribution < -0.4 is 4.74 Å². The first-order chi connectivity index (χ1) is 8.90. The maximum Gasteiger partial charge on any atom is 0.331 e. The normalized spacial score (nSPS) is 19.4. The summed E-state index contributed by atoms with van der Waals surface area (Å²) in [5.41, 5.74) is 2.48. The molecule has 1 aliphatic carbocycles. The van der Waals surface area contributed by atoms with Gasteiger partial charge in [-0.3, -0.25) is 0 Å². The molecule has 0 unspecified atom stereocenters. The monoisotopic (exact) mass is 277 g/mol. The average molecular weight is 278 g/mol. The van der Waals surface area contributed by atoms with Crippen molar-refractivity contribution in [1.82, 2.24) is 4.98 Å². The second kappa shape index (κ2) is 3.84. The van der Waals surface area contributed by atoms with Crippen molar-refractivity contribution in [3.8, 4) is 5.75 Å². The molecule has 0 amide bonds. The third-order valence-electron chi connectivity index (χ3n) is 3.48. The Labute approximate surface area is 115 Å². The molecule has 0 aromatic carbocycles. The van der Waals surface area contributed by atoms with Crippen LogP contribution in [0.1, 0.15) is 25.8 Å². The van der Waals surface area contributed by atoms with Crippen molar-refractivity contribution in [3.05, 3.63) is 40.2 Å². The molecule has 0 fully saturated rings. The van der Waals surface area contributed by atoms with Crippen molar-refractivity contribution in [3.63, 3.8) is 0 Å². The number of pyridine rings is 1. The summed E-state index contributed by atoms with van der Waals surface area (Å²) in [6.07, 6.45) is 3.70. The zero-order chi connectivity index (χ0) is 13.8. The number of carbonyl (C=O) groups is 1. The SMILES string of the molecule is CC1(C)Oc2c(ccnc2Cl)C2=C1C=C(C(=O)O)C2. The lowest BCUT2D eigenvalue weighted by molar-refractivity contribution is -0.132. The predicted octanol–water partition coefficient (Wildman–Crippen LogP) is 3.07. The van der Waals surface area contributed by atoms with Crippen molar-refractivity contribution < 1.29 is 14.6 Å². The highest BCUT2D eigenvalue weighted by Crippen LogP contribution is 2.49. The number of halogens is 1. The molecule has 4 nitrogen and oxygen atoms in total. The number of aromatic nitrogens is 1. The van der Waals surface area contributed by atoms with Crippen LogP contribution in [-0.2, 0) is 4.79 Å². The van der Waals surface area contributed by atoms with Crippen LogP contribution in [0, 0.1) is 0 Å². The molecule has 5 heteroatoms. The topological polar surface area (TPSA) is 59.4 Å². The van der Waals surface area contributed by atoms with Crippen LogP contribution in [0.15, 0.2) is 29.5 Å². The Balaban J connectivity index is 2.19. The lowest BCUT2D eigenvalue weighted by Gasteiger charge is -2.34. The number of rotatable bonds is 1. The lowest BCUT2D eigenvalue weighted by atomic mass is 9.88. The molecule has 2 aliphatic rings. The van der Waals surface area contributed by atoms with E-state index in [1.807, 2.05) is 19.9 Å². The van der Waals surface area contributed by atoms with Crippen LogP contribution >= 0.6 is 11.6 Å². The quantitative estimate of drug-likeness (QED) is 0.802. The fourth-order valence-electron chi connectivity index (χ4n) is 2.58. The van der Waals surface area contributed by atoms with E-state index in [4.69, 9.17) is 21.4 Å². The Hall–Kier alpha value is -1.81. The molecule has 0 atom stereocenters. The van der Waals surface area contributed by atoms with Gasteiger partial charge in [0.1, 0.15) is 5.60 Å². The molecular weight excluding hydrogens is 266 g/mol. The van der Waals surface area contributed by atoms with Gasteiger partial charge in [0.15, 0.2) is 10.9 Å². The van der Waals surface area contributed by atoms with E-state index in [1.54, 1.807) is 12.3 Å². The van der Waals surface area contributed by atoms with Gasteiger partial charge in [0.2, 0.25) is 0 Å². The Morgan fingerprint density at radius 2 is 2.26 bits per heavy atom. The first-order valence-electron chi connectivity index (χ1n) is 5.91. The Kier molecular flexibility index (Phi) is 2.47. The van der Waals surface area contributed by atoms with Crippen molar-refractivity contribution >= 4 is 23.1 Å². The summed E-state index contributed by atoms with van der Waals surface area (Å²) >= 11 is 6.07. The summed E-state index contributed by atoms with van der Waals surface area (Å²) < 4.78 is 5.90. The van der Waals surface area contributed by atoms with E-state index in [2.05, 4.69) is 4.98 Å². The second-order valence-corrected chi connectivity index (χ2v) is 5.49. The molecule has 2 heterocycles. The Morgan fingerprint density at radius 1 is 1.53 bits per heavy atom. The Bertz CT molecular complexity index is 659. The van der Waals surface area contributed by atoms with E-state index in [9.17, 15) is 4.79 Å². The molecule has 1 aliphatic heterocycles. The zero-order valence-corrected chi connectivity index (χ0v) is 11.3. The van der Waals surface area contributed by atoms with Crippen molar-refractivity contribution in [2.24, 2.45) is 0 Å². The zero-order valence-electron chi connectivity index (χ0n) is 10.5. The summed E-state index contributed by atoms with van der Waals surface area (Å²) in [4.78, 5) is 15.2. The largest absolute Gasteiger partial charge is 0.479 e. The van der Waals surface area contributed by atoms with Gasteiger partial charge in [-0.25, -0.2) is 9.78 Å². The first kappa shape index (κ1) is 12.2. The number of nitrogens with zero attached hydrogens (tertiary/aromatic N) is 1. The van der Waals surface area contributed by atoms with Crippen LogP contribution in [0.2, 0.25) is 5.15 Å². The summed E-state index contributed by atoms with van der Waals surface area (Å²) in [6, 6.07) is 1.81. The predicted molar refractivity (Wildman–Crippen MR) is 71.2 cm³/mol.